The second-order valence-electron chi connectivity index (χ2n) is 3.88. The summed E-state index contributed by atoms with van der Waals surface area (Å²) < 4.78 is 0. The standard InChI is InChI=1S/C13H20N2O/c1-3-10-15(2)11-6-8-13(16)12-7-4-5-9-14-12/h3-5,7,9-10,13,16H,6,8,11H2,1-2H3/b10-3-. The van der Waals surface area contributed by atoms with Crippen LogP contribution in [0.15, 0.2) is 36.7 Å². The molecule has 0 amide bonds. The third-order valence-electron chi connectivity index (χ3n) is 2.42. The number of rotatable bonds is 6. The lowest BCUT2D eigenvalue weighted by atomic mass is 10.1. The molecule has 1 unspecified atom stereocenters. The third-order valence-corrected chi connectivity index (χ3v) is 2.42. The Hall–Kier alpha value is -1.35. The maximum Gasteiger partial charge on any atom is 0.0960 e. The van der Waals surface area contributed by atoms with Crippen LogP contribution in [0.25, 0.3) is 0 Å². The average Bonchev–Trinajstić information content (AvgIpc) is 2.30. The van der Waals surface area contributed by atoms with E-state index >= 15 is 0 Å². The number of hydrogen-bond donors (Lipinski definition) is 1. The van der Waals surface area contributed by atoms with Gasteiger partial charge in [-0.1, -0.05) is 12.1 Å². The molecule has 3 nitrogen and oxygen atoms in total. The van der Waals surface area contributed by atoms with Gasteiger partial charge in [-0.2, -0.15) is 0 Å². The molecule has 1 N–H and O–H groups in total. The van der Waals surface area contributed by atoms with Gasteiger partial charge in [-0.15, -0.1) is 0 Å². The van der Waals surface area contributed by atoms with Crippen molar-refractivity contribution in [2.45, 2.75) is 25.9 Å². The van der Waals surface area contributed by atoms with Gasteiger partial charge in [-0.05, 0) is 38.1 Å². The molecule has 0 spiro atoms. The number of aliphatic hydroxyl groups is 1. The number of aliphatic hydroxyl groups excluding tert-OH is 1. The van der Waals surface area contributed by atoms with Crippen LogP contribution in [0, 0.1) is 0 Å². The largest absolute Gasteiger partial charge is 0.387 e. The lowest BCUT2D eigenvalue weighted by Crippen LogP contribution is -2.13. The van der Waals surface area contributed by atoms with Crippen molar-refractivity contribution in [3.63, 3.8) is 0 Å². The Kier molecular flexibility index (Phi) is 5.57. The van der Waals surface area contributed by atoms with Crippen molar-refractivity contribution in [1.29, 1.82) is 0 Å². The Labute approximate surface area is 97.4 Å². The normalized spacial score (nSPS) is 12.9. The number of aromatic nitrogens is 1. The van der Waals surface area contributed by atoms with Gasteiger partial charge < -0.3 is 10.0 Å². The highest BCUT2D eigenvalue weighted by atomic mass is 16.3. The van der Waals surface area contributed by atoms with E-state index in [1.54, 1.807) is 6.20 Å². The highest BCUT2D eigenvalue weighted by Crippen LogP contribution is 2.15. The van der Waals surface area contributed by atoms with E-state index in [0.717, 1.165) is 25.1 Å². The van der Waals surface area contributed by atoms with Crippen molar-refractivity contribution in [3.8, 4) is 0 Å². The summed E-state index contributed by atoms with van der Waals surface area (Å²) in [6, 6.07) is 5.62. The summed E-state index contributed by atoms with van der Waals surface area (Å²) >= 11 is 0. The molecule has 3 heteroatoms. The van der Waals surface area contributed by atoms with E-state index in [1.807, 2.05) is 44.4 Å². The summed E-state index contributed by atoms with van der Waals surface area (Å²) in [5, 5.41) is 9.86. The fourth-order valence-electron chi connectivity index (χ4n) is 1.58. The smallest absolute Gasteiger partial charge is 0.0960 e. The molecule has 1 aromatic rings. The lowest BCUT2D eigenvalue weighted by Gasteiger charge is -2.15. The molecule has 1 aromatic heterocycles. The molecular formula is C13H20N2O. The number of allylic oxidation sites excluding steroid dienone is 1. The molecule has 1 rings (SSSR count). The second-order valence-corrected chi connectivity index (χ2v) is 3.88. The topological polar surface area (TPSA) is 36.4 Å². The van der Waals surface area contributed by atoms with Crippen LogP contribution < -0.4 is 0 Å². The molecule has 1 atom stereocenters. The third kappa shape index (κ3) is 4.45. The Bertz CT molecular complexity index is 311. The monoisotopic (exact) mass is 220 g/mol. The highest BCUT2D eigenvalue weighted by Gasteiger charge is 2.07. The minimum atomic E-state index is -0.444. The van der Waals surface area contributed by atoms with Crippen molar-refractivity contribution in [2.75, 3.05) is 13.6 Å². The quantitative estimate of drug-likeness (QED) is 0.799. The van der Waals surface area contributed by atoms with Gasteiger partial charge in [0.25, 0.3) is 0 Å². The number of hydrogen-bond acceptors (Lipinski definition) is 3. The molecule has 0 aromatic carbocycles. The predicted octanol–water partition coefficient (Wildman–Crippen LogP) is 2.36. The van der Waals surface area contributed by atoms with E-state index in [-0.39, 0.29) is 0 Å². The van der Waals surface area contributed by atoms with Crippen molar-refractivity contribution in [2.24, 2.45) is 0 Å². The fraction of sp³-hybridized carbons (Fsp3) is 0.462. The fourth-order valence-corrected chi connectivity index (χ4v) is 1.58. The van der Waals surface area contributed by atoms with Gasteiger partial charge in [-0.3, -0.25) is 4.98 Å². The van der Waals surface area contributed by atoms with Gasteiger partial charge in [0.05, 0.1) is 11.8 Å². The summed E-state index contributed by atoms with van der Waals surface area (Å²) in [5.41, 5.74) is 0.760. The molecule has 0 bridgehead atoms. The molecule has 88 valence electrons. The second kappa shape index (κ2) is 7.01. The van der Waals surface area contributed by atoms with Crippen molar-refractivity contribution < 1.29 is 5.11 Å². The maximum absolute atomic E-state index is 9.86. The molecule has 0 fully saturated rings. The first-order valence-electron chi connectivity index (χ1n) is 5.66. The zero-order valence-electron chi connectivity index (χ0n) is 10.0. The van der Waals surface area contributed by atoms with Crippen LogP contribution >= 0.6 is 0 Å². The van der Waals surface area contributed by atoms with Crippen LogP contribution in [-0.2, 0) is 0 Å². The maximum atomic E-state index is 9.86. The van der Waals surface area contributed by atoms with E-state index < -0.39 is 6.10 Å². The van der Waals surface area contributed by atoms with Crippen molar-refractivity contribution in [1.82, 2.24) is 9.88 Å². The van der Waals surface area contributed by atoms with Crippen LogP contribution in [0.3, 0.4) is 0 Å². The van der Waals surface area contributed by atoms with Crippen LogP contribution in [0.4, 0.5) is 0 Å². The van der Waals surface area contributed by atoms with Crippen LogP contribution in [0.2, 0.25) is 0 Å². The van der Waals surface area contributed by atoms with Crippen molar-refractivity contribution >= 4 is 0 Å². The SMILES string of the molecule is C/C=C\N(C)CCCC(O)c1ccccn1. The van der Waals surface area contributed by atoms with E-state index in [4.69, 9.17) is 0 Å². The Balaban J connectivity index is 2.28. The van der Waals surface area contributed by atoms with Gasteiger partial charge in [0.2, 0.25) is 0 Å². The van der Waals surface area contributed by atoms with E-state index in [0.29, 0.717) is 0 Å². The summed E-state index contributed by atoms with van der Waals surface area (Å²) in [7, 11) is 2.03. The summed E-state index contributed by atoms with van der Waals surface area (Å²) in [6.45, 7) is 2.95. The first kappa shape index (κ1) is 12.7. The van der Waals surface area contributed by atoms with Gasteiger partial charge >= 0.3 is 0 Å². The molecular weight excluding hydrogens is 200 g/mol. The summed E-state index contributed by atoms with van der Waals surface area (Å²) in [6.07, 6.45) is 7.02. The molecule has 0 aliphatic rings. The zero-order chi connectivity index (χ0) is 11.8. The van der Waals surface area contributed by atoms with Crippen LogP contribution in [0.1, 0.15) is 31.6 Å². The van der Waals surface area contributed by atoms with E-state index in [9.17, 15) is 5.11 Å². The number of nitrogens with zero attached hydrogens (tertiary/aromatic N) is 2. The molecule has 0 saturated carbocycles. The molecule has 0 aliphatic carbocycles. The van der Waals surface area contributed by atoms with Crippen molar-refractivity contribution in [3.05, 3.63) is 42.4 Å². The van der Waals surface area contributed by atoms with E-state index in [1.165, 1.54) is 0 Å². The Morgan fingerprint density at radius 1 is 1.50 bits per heavy atom. The Morgan fingerprint density at radius 2 is 2.31 bits per heavy atom. The first-order chi connectivity index (χ1) is 7.74. The first-order valence-corrected chi connectivity index (χ1v) is 5.66. The molecule has 0 aliphatic heterocycles. The number of pyridine rings is 1. The molecule has 0 saturated heterocycles. The predicted molar refractivity (Wildman–Crippen MR) is 65.9 cm³/mol. The van der Waals surface area contributed by atoms with Gasteiger partial charge in [0.15, 0.2) is 0 Å². The zero-order valence-corrected chi connectivity index (χ0v) is 10.0. The lowest BCUT2D eigenvalue weighted by molar-refractivity contribution is 0.156. The van der Waals surface area contributed by atoms with Gasteiger partial charge in [0, 0.05) is 19.8 Å². The van der Waals surface area contributed by atoms with E-state index in [2.05, 4.69) is 9.88 Å². The minimum Gasteiger partial charge on any atom is -0.387 e. The minimum absolute atomic E-state index is 0.444. The molecule has 0 radical (unpaired) electrons. The Morgan fingerprint density at radius 3 is 2.94 bits per heavy atom. The summed E-state index contributed by atoms with van der Waals surface area (Å²) in [5.74, 6) is 0. The van der Waals surface area contributed by atoms with Gasteiger partial charge in [-0.25, -0.2) is 0 Å². The van der Waals surface area contributed by atoms with Gasteiger partial charge in [0.1, 0.15) is 0 Å². The van der Waals surface area contributed by atoms with Crippen LogP contribution in [-0.4, -0.2) is 28.6 Å². The average molecular weight is 220 g/mol. The van der Waals surface area contributed by atoms with Crippen LogP contribution in [0.5, 0.6) is 0 Å². The highest BCUT2D eigenvalue weighted by molar-refractivity contribution is 5.06. The molecule has 1 heterocycles. The summed E-state index contributed by atoms with van der Waals surface area (Å²) in [4.78, 5) is 6.25. The molecule has 16 heavy (non-hydrogen) atoms.